The van der Waals surface area contributed by atoms with E-state index >= 15 is 0 Å². The number of hydrogen-bond acceptors (Lipinski definition) is 3. The summed E-state index contributed by atoms with van der Waals surface area (Å²) < 4.78 is 0. The van der Waals surface area contributed by atoms with Crippen LogP contribution in [0.15, 0.2) is 30.6 Å². The Labute approximate surface area is 119 Å². The Bertz CT molecular complexity index is 622. The van der Waals surface area contributed by atoms with Crippen molar-refractivity contribution in [3.8, 4) is 0 Å². The van der Waals surface area contributed by atoms with Gasteiger partial charge in [-0.05, 0) is 43.2 Å². The van der Waals surface area contributed by atoms with Crippen LogP contribution in [-0.4, -0.2) is 15.8 Å². The van der Waals surface area contributed by atoms with Gasteiger partial charge in [0.05, 0.1) is 11.0 Å². The van der Waals surface area contributed by atoms with Crippen LogP contribution in [0.2, 0.25) is 0 Å². The minimum absolute atomic E-state index is 0.140. The summed E-state index contributed by atoms with van der Waals surface area (Å²) in [5.41, 5.74) is 2.28. The average molecular weight is 268 g/mol. The normalized spacial score (nSPS) is 26.6. The maximum atomic E-state index is 12.8. The van der Waals surface area contributed by atoms with Crippen molar-refractivity contribution in [1.82, 2.24) is 9.97 Å². The molecular formula is C17H20N2O. The smallest absolute Gasteiger partial charge is 0.168 e. The summed E-state index contributed by atoms with van der Waals surface area (Å²) in [5, 5.41) is 0. The number of hydrogen-bond donors (Lipinski definition) is 0. The molecule has 2 aromatic rings. The first-order chi connectivity index (χ1) is 9.65. The molecule has 0 bridgehead atoms. The molecule has 3 nitrogen and oxygen atoms in total. The van der Waals surface area contributed by atoms with Gasteiger partial charge in [-0.1, -0.05) is 19.9 Å². The molecule has 0 radical (unpaired) electrons. The van der Waals surface area contributed by atoms with Crippen LogP contribution in [0, 0.1) is 17.8 Å². The number of benzene rings is 1. The Balaban J connectivity index is 1.96. The fourth-order valence-electron chi connectivity index (χ4n) is 3.57. The molecule has 2 unspecified atom stereocenters. The molecule has 104 valence electrons. The zero-order valence-electron chi connectivity index (χ0n) is 12.0. The largest absolute Gasteiger partial charge is 0.294 e. The van der Waals surface area contributed by atoms with Crippen LogP contribution in [0.5, 0.6) is 0 Å². The van der Waals surface area contributed by atoms with Crippen molar-refractivity contribution in [2.75, 3.05) is 0 Å². The number of para-hydroxylation sites is 1. The lowest BCUT2D eigenvalue weighted by atomic mass is 9.74. The van der Waals surface area contributed by atoms with E-state index in [9.17, 15) is 4.79 Å². The molecule has 1 aliphatic rings. The van der Waals surface area contributed by atoms with Gasteiger partial charge in [-0.3, -0.25) is 14.8 Å². The first-order valence-electron chi connectivity index (χ1n) is 7.39. The number of nitrogens with zero attached hydrogens (tertiary/aromatic N) is 2. The lowest BCUT2D eigenvalue weighted by Crippen LogP contribution is -2.26. The van der Waals surface area contributed by atoms with E-state index in [1.54, 1.807) is 12.4 Å². The summed E-state index contributed by atoms with van der Waals surface area (Å²) in [6.45, 7) is 4.50. The number of ketones is 1. The van der Waals surface area contributed by atoms with Crippen molar-refractivity contribution in [3.63, 3.8) is 0 Å². The molecule has 1 aliphatic carbocycles. The Morgan fingerprint density at radius 3 is 2.50 bits per heavy atom. The van der Waals surface area contributed by atoms with E-state index in [1.165, 1.54) is 6.42 Å². The standard InChI is InChI=1S/C17H20N2O/c1-11-8-12(2)10-13(9-11)17(20)14-4-3-5-15-16(14)19-7-6-18-15/h3-7,11-13H,8-10H2,1-2H3. The fraction of sp³-hybridized carbons (Fsp3) is 0.471. The topological polar surface area (TPSA) is 42.9 Å². The first kappa shape index (κ1) is 13.2. The minimum Gasteiger partial charge on any atom is -0.294 e. The van der Waals surface area contributed by atoms with E-state index in [-0.39, 0.29) is 11.7 Å². The first-order valence-corrected chi connectivity index (χ1v) is 7.39. The summed E-state index contributed by atoms with van der Waals surface area (Å²) in [5.74, 6) is 1.65. The summed E-state index contributed by atoms with van der Waals surface area (Å²) in [4.78, 5) is 21.5. The number of Topliss-reactive ketones (excluding diaryl/α,β-unsaturated/α-hetero) is 1. The molecule has 3 heteroatoms. The molecule has 0 N–H and O–H groups in total. The summed E-state index contributed by atoms with van der Waals surface area (Å²) >= 11 is 0. The maximum Gasteiger partial charge on any atom is 0.168 e. The van der Waals surface area contributed by atoms with Gasteiger partial charge in [0.15, 0.2) is 5.78 Å². The lowest BCUT2D eigenvalue weighted by Gasteiger charge is -2.30. The Hall–Kier alpha value is -1.77. The van der Waals surface area contributed by atoms with Crippen LogP contribution in [0.3, 0.4) is 0 Å². The highest BCUT2D eigenvalue weighted by Crippen LogP contribution is 2.35. The van der Waals surface area contributed by atoms with Crippen LogP contribution >= 0.6 is 0 Å². The van der Waals surface area contributed by atoms with Gasteiger partial charge >= 0.3 is 0 Å². The predicted octanol–water partition coefficient (Wildman–Crippen LogP) is 3.88. The van der Waals surface area contributed by atoms with Gasteiger partial charge in [-0.15, -0.1) is 0 Å². The molecule has 0 aliphatic heterocycles. The second-order valence-electron chi connectivity index (χ2n) is 6.21. The third-order valence-corrected chi connectivity index (χ3v) is 4.31. The van der Waals surface area contributed by atoms with E-state index in [0.717, 1.165) is 29.4 Å². The van der Waals surface area contributed by atoms with E-state index in [1.807, 2.05) is 18.2 Å². The summed E-state index contributed by atoms with van der Waals surface area (Å²) in [6, 6.07) is 5.70. The average Bonchev–Trinajstić information content (AvgIpc) is 2.45. The highest BCUT2D eigenvalue weighted by molar-refractivity contribution is 6.07. The monoisotopic (exact) mass is 268 g/mol. The summed E-state index contributed by atoms with van der Waals surface area (Å²) in [7, 11) is 0. The maximum absolute atomic E-state index is 12.8. The van der Waals surface area contributed by atoms with Crippen LogP contribution in [0.4, 0.5) is 0 Å². The van der Waals surface area contributed by atoms with Crippen LogP contribution in [0.1, 0.15) is 43.5 Å². The Morgan fingerprint density at radius 2 is 1.75 bits per heavy atom. The lowest BCUT2D eigenvalue weighted by molar-refractivity contribution is 0.0837. The molecule has 1 aromatic heterocycles. The quantitative estimate of drug-likeness (QED) is 0.776. The van der Waals surface area contributed by atoms with Crippen LogP contribution in [0.25, 0.3) is 11.0 Å². The Morgan fingerprint density at radius 1 is 1.05 bits per heavy atom. The predicted molar refractivity (Wildman–Crippen MR) is 79.5 cm³/mol. The Kier molecular flexibility index (Phi) is 3.51. The van der Waals surface area contributed by atoms with Gasteiger partial charge < -0.3 is 0 Å². The van der Waals surface area contributed by atoms with Crippen molar-refractivity contribution in [2.45, 2.75) is 33.1 Å². The van der Waals surface area contributed by atoms with E-state index in [2.05, 4.69) is 23.8 Å². The zero-order valence-corrected chi connectivity index (χ0v) is 12.0. The molecule has 2 atom stereocenters. The third kappa shape index (κ3) is 2.45. The highest BCUT2D eigenvalue weighted by atomic mass is 16.1. The third-order valence-electron chi connectivity index (χ3n) is 4.31. The summed E-state index contributed by atoms with van der Waals surface area (Å²) in [6.07, 6.45) is 6.56. The second kappa shape index (κ2) is 5.31. The minimum atomic E-state index is 0.140. The van der Waals surface area contributed by atoms with Gasteiger partial charge in [-0.25, -0.2) is 0 Å². The number of fused-ring (bicyclic) bond motifs is 1. The van der Waals surface area contributed by atoms with Crippen molar-refractivity contribution < 1.29 is 4.79 Å². The molecule has 1 fully saturated rings. The molecule has 0 spiro atoms. The van der Waals surface area contributed by atoms with Gasteiger partial charge in [0.2, 0.25) is 0 Å². The molecule has 0 amide bonds. The number of carbonyl (C=O) groups is 1. The van der Waals surface area contributed by atoms with Crippen LogP contribution in [-0.2, 0) is 0 Å². The van der Waals surface area contributed by atoms with Crippen molar-refractivity contribution >= 4 is 16.8 Å². The zero-order chi connectivity index (χ0) is 14.1. The van der Waals surface area contributed by atoms with Crippen LogP contribution < -0.4 is 0 Å². The highest BCUT2D eigenvalue weighted by Gasteiger charge is 2.30. The molecule has 20 heavy (non-hydrogen) atoms. The fourth-order valence-corrected chi connectivity index (χ4v) is 3.57. The van der Waals surface area contributed by atoms with Crippen molar-refractivity contribution in [1.29, 1.82) is 0 Å². The molecule has 1 heterocycles. The molecule has 3 rings (SSSR count). The van der Waals surface area contributed by atoms with Gasteiger partial charge in [0, 0.05) is 23.9 Å². The van der Waals surface area contributed by atoms with Gasteiger partial charge in [0.1, 0.15) is 0 Å². The SMILES string of the molecule is CC1CC(C)CC(C(=O)c2cccc3nccnc23)C1. The van der Waals surface area contributed by atoms with Crippen molar-refractivity contribution in [3.05, 3.63) is 36.2 Å². The number of aromatic nitrogens is 2. The molecule has 1 aromatic carbocycles. The van der Waals surface area contributed by atoms with E-state index in [0.29, 0.717) is 11.8 Å². The van der Waals surface area contributed by atoms with E-state index in [4.69, 9.17) is 0 Å². The molecule has 1 saturated carbocycles. The number of carbonyl (C=O) groups excluding carboxylic acids is 1. The molecule has 0 saturated heterocycles. The van der Waals surface area contributed by atoms with Gasteiger partial charge in [0.25, 0.3) is 0 Å². The van der Waals surface area contributed by atoms with E-state index < -0.39 is 0 Å². The second-order valence-corrected chi connectivity index (χ2v) is 6.21. The number of rotatable bonds is 2. The molecular weight excluding hydrogens is 248 g/mol. The van der Waals surface area contributed by atoms with Gasteiger partial charge in [-0.2, -0.15) is 0 Å². The van der Waals surface area contributed by atoms with Crippen molar-refractivity contribution in [2.24, 2.45) is 17.8 Å².